The molecule has 0 amide bonds. The van der Waals surface area contributed by atoms with E-state index in [0.29, 0.717) is 5.82 Å². The van der Waals surface area contributed by atoms with E-state index in [1.54, 1.807) is 6.20 Å². The van der Waals surface area contributed by atoms with Gasteiger partial charge in [-0.15, -0.1) is 0 Å². The second kappa shape index (κ2) is 7.83. The van der Waals surface area contributed by atoms with Crippen molar-refractivity contribution in [2.24, 2.45) is 5.41 Å². The van der Waals surface area contributed by atoms with Crippen LogP contribution in [0.2, 0.25) is 0 Å². The van der Waals surface area contributed by atoms with Crippen LogP contribution in [0.25, 0.3) is 11.4 Å². The third-order valence-corrected chi connectivity index (χ3v) is 4.25. The molecule has 1 aliphatic heterocycles. The molecular formula is C20H26N4O2. The largest absolute Gasteiger partial charge is 0.460 e. The molecule has 0 aliphatic carbocycles. The minimum atomic E-state index is -0.502. The highest BCUT2D eigenvalue weighted by atomic mass is 16.5. The maximum Gasteiger partial charge on any atom is 0.311 e. The van der Waals surface area contributed by atoms with E-state index in [2.05, 4.69) is 15.2 Å². The van der Waals surface area contributed by atoms with E-state index >= 15 is 0 Å². The molecule has 0 spiro atoms. The van der Waals surface area contributed by atoms with Crippen molar-refractivity contribution in [1.82, 2.24) is 15.3 Å². The first kappa shape index (κ1) is 18.3. The first-order chi connectivity index (χ1) is 12.4. The molecule has 1 fully saturated rings. The number of hydrogen-bond donors (Lipinski definition) is 1. The third-order valence-electron chi connectivity index (χ3n) is 4.25. The van der Waals surface area contributed by atoms with Gasteiger partial charge >= 0.3 is 5.97 Å². The van der Waals surface area contributed by atoms with E-state index in [1.807, 2.05) is 51.1 Å². The third kappa shape index (κ3) is 4.58. The van der Waals surface area contributed by atoms with E-state index in [-0.39, 0.29) is 12.6 Å². The highest BCUT2D eigenvalue weighted by molar-refractivity contribution is 5.75. The van der Waals surface area contributed by atoms with Gasteiger partial charge in [0.2, 0.25) is 0 Å². The minimum Gasteiger partial charge on any atom is -0.460 e. The number of benzene rings is 1. The summed E-state index contributed by atoms with van der Waals surface area (Å²) in [5.74, 6) is 1.42. The maximum absolute atomic E-state index is 12.0. The lowest BCUT2D eigenvalue weighted by atomic mass is 9.97. The lowest BCUT2D eigenvalue weighted by Gasteiger charge is -2.28. The zero-order chi connectivity index (χ0) is 18.6. The summed E-state index contributed by atoms with van der Waals surface area (Å²) in [5, 5.41) is 3.35. The number of nitrogens with one attached hydrogen (secondary N) is 1. The number of esters is 1. The predicted octanol–water partition coefficient (Wildman–Crippen LogP) is 2.64. The summed E-state index contributed by atoms with van der Waals surface area (Å²) in [5.41, 5.74) is 1.35. The van der Waals surface area contributed by atoms with E-state index in [1.165, 1.54) is 0 Å². The second-order valence-corrected chi connectivity index (χ2v) is 7.50. The number of anilines is 1. The first-order valence-corrected chi connectivity index (χ1v) is 8.99. The van der Waals surface area contributed by atoms with Crippen molar-refractivity contribution in [1.29, 1.82) is 0 Å². The van der Waals surface area contributed by atoms with Crippen LogP contribution in [-0.2, 0) is 16.1 Å². The minimum absolute atomic E-state index is 0.208. The van der Waals surface area contributed by atoms with Crippen LogP contribution in [-0.4, -0.2) is 42.1 Å². The molecule has 3 rings (SSSR count). The second-order valence-electron chi connectivity index (χ2n) is 7.50. The molecule has 0 atom stereocenters. The number of rotatable bonds is 4. The Kier molecular flexibility index (Phi) is 5.52. The van der Waals surface area contributed by atoms with Gasteiger partial charge < -0.3 is 15.0 Å². The number of piperazine rings is 1. The monoisotopic (exact) mass is 354 g/mol. The topological polar surface area (TPSA) is 67.3 Å². The summed E-state index contributed by atoms with van der Waals surface area (Å²) in [7, 11) is 0. The number of nitrogens with zero attached hydrogens (tertiary/aromatic N) is 3. The molecule has 1 saturated heterocycles. The Morgan fingerprint density at radius 1 is 1.23 bits per heavy atom. The summed E-state index contributed by atoms with van der Waals surface area (Å²) in [6.45, 7) is 9.62. The van der Waals surface area contributed by atoms with Gasteiger partial charge in [-0.25, -0.2) is 9.97 Å². The molecule has 0 radical (unpaired) electrons. The van der Waals surface area contributed by atoms with E-state index in [9.17, 15) is 4.79 Å². The average molecular weight is 354 g/mol. The van der Waals surface area contributed by atoms with Gasteiger partial charge in [0.1, 0.15) is 12.4 Å². The summed E-state index contributed by atoms with van der Waals surface area (Å²) in [4.78, 5) is 23.4. The Balaban J connectivity index is 1.74. The Morgan fingerprint density at radius 2 is 2.00 bits per heavy atom. The predicted molar refractivity (Wildman–Crippen MR) is 102 cm³/mol. The van der Waals surface area contributed by atoms with Gasteiger partial charge in [-0.3, -0.25) is 4.79 Å². The van der Waals surface area contributed by atoms with Gasteiger partial charge in [0.25, 0.3) is 0 Å². The van der Waals surface area contributed by atoms with Gasteiger partial charge in [-0.2, -0.15) is 0 Å². The zero-order valence-electron chi connectivity index (χ0n) is 15.7. The molecule has 138 valence electrons. The van der Waals surface area contributed by atoms with Crippen LogP contribution in [0.5, 0.6) is 0 Å². The van der Waals surface area contributed by atoms with Crippen LogP contribution in [0.3, 0.4) is 0 Å². The number of aromatic nitrogens is 2. The molecule has 26 heavy (non-hydrogen) atoms. The van der Waals surface area contributed by atoms with Crippen molar-refractivity contribution < 1.29 is 9.53 Å². The van der Waals surface area contributed by atoms with Gasteiger partial charge in [0.15, 0.2) is 5.82 Å². The van der Waals surface area contributed by atoms with Gasteiger partial charge in [0.05, 0.1) is 5.41 Å². The SMILES string of the molecule is CC(C)(C)C(=O)OCc1cccc(-c2nccc(N3CCNCC3)n2)c1. The Hall–Kier alpha value is -2.47. The van der Waals surface area contributed by atoms with Crippen molar-refractivity contribution in [3.63, 3.8) is 0 Å². The Labute approximate surface area is 154 Å². The van der Waals surface area contributed by atoms with Crippen molar-refractivity contribution in [2.45, 2.75) is 27.4 Å². The summed E-state index contributed by atoms with van der Waals surface area (Å²) < 4.78 is 5.41. The molecule has 2 aromatic rings. The number of ether oxygens (including phenoxy) is 1. The zero-order valence-corrected chi connectivity index (χ0v) is 15.7. The van der Waals surface area contributed by atoms with E-state index < -0.39 is 5.41 Å². The fourth-order valence-electron chi connectivity index (χ4n) is 2.72. The quantitative estimate of drug-likeness (QED) is 0.852. The molecule has 1 aliphatic rings. The lowest BCUT2D eigenvalue weighted by molar-refractivity contribution is -0.154. The van der Waals surface area contributed by atoms with Crippen molar-refractivity contribution >= 4 is 11.8 Å². The van der Waals surface area contributed by atoms with Crippen LogP contribution in [0, 0.1) is 5.41 Å². The fourth-order valence-corrected chi connectivity index (χ4v) is 2.72. The highest BCUT2D eigenvalue weighted by Gasteiger charge is 2.23. The van der Waals surface area contributed by atoms with Gasteiger partial charge in [-0.1, -0.05) is 18.2 Å². The van der Waals surface area contributed by atoms with Crippen LogP contribution in [0.4, 0.5) is 5.82 Å². The number of carbonyl (C=O) groups is 1. The van der Waals surface area contributed by atoms with Crippen LogP contribution in [0.1, 0.15) is 26.3 Å². The molecular weight excluding hydrogens is 328 g/mol. The lowest BCUT2D eigenvalue weighted by Crippen LogP contribution is -2.43. The highest BCUT2D eigenvalue weighted by Crippen LogP contribution is 2.21. The Bertz CT molecular complexity index is 764. The molecule has 6 heteroatoms. The Morgan fingerprint density at radius 3 is 2.73 bits per heavy atom. The molecule has 2 heterocycles. The summed E-state index contributed by atoms with van der Waals surface area (Å²) >= 11 is 0. The normalized spacial score (nSPS) is 15.0. The molecule has 1 N–H and O–H groups in total. The van der Waals surface area contributed by atoms with Crippen molar-refractivity contribution in [3.05, 3.63) is 42.1 Å². The molecule has 0 saturated carbocycles. The smallest absolute Gasteiger partial charge is 0.311 e. The van der Waals surface area contributed by atoms with Gasteiger partial charge in [0, 0.05) is 37.9 Å². The van der Waals surface area contributed by atoms with Crippen molar-refractivity contribution in [3.8, 4) is 11.4 Å². The molecule has 6 nitrogen and oxygen atoms in total. The molecule has 0 unspecified atom stereocenters. The van der Waals surface area contributed by atoms with Crippen LogP contribution in [0.15, 0.2) is 36.5 Å². The van der Waals surface area contributed by atoms with Crippen LogP contribution >= 0.6 is 0 Å². The standard InChI is InChI=1S/C20H26N4O2/c1-20(2,3)19(25)26-14-15-5-4-6-16(13-15)18-22-8-7-17(23-18)24-11-9-21-10-12-24/h4-8,13,21H,9-12,14H2,1-3H3. The summed E-state index contributed by atoms with van der Waals surface area (Å²) in [6, 6.07) is 9.79. The first-order valence-electron chi connectivity index (χ1n) is 8.99. The summed E-state index contributed by atoms with van der Waals surface area (Å²) in [6.07, 6.45) is 1.80. The molecule has 1 aromatic heterocycles. The van der Waals surface area contributed by atoms with Crippen molar-refractivity contribution in [2.75, 3.05) is 31.1 Å². The molecule has 1 aromatic carbocycles. The average Bonchev–Trinajstić information content (AvgIpc) is 2.66. The fraction of sp³-hybridized carbons (Fsp3) is 0.450. The number of hydrogen-bond acceptors (Lipinski definition) is 6. The van der Waals surface area contributed by atoms with E-state index in [0.717, 1.165) is 43.1 Å². The van der Waals surface area contributed by atoms with Gasteiger partial charge in [-0.05, 0) is 38.5 Å². The number of carbonyl (C=O) groups excluding carboxylic acids is 1. The maximum atomic E-state index is 12.0. The van der Waals surface area contributed by atoms with Crippen LogP contribution < -0.4 is 10.2 Å². The van der Waals surface area contributed by atoms with E-state index in [4.69, 9.17) is 9.72 Å². The molecule has 0 bridgehead atoms.